The lowest BCUT2D eigenvalue weighted by molar-refractivity contribution is -0.114. The fourth-order valence-electron chi connectivity index (χ4n) is 4.36. The maximum Gasteiger partial charge on any atom is 0.253 e. The van der Waals surface area contributed by atoms with Gasteiger partial charge in [-0.2, -0.15) is 0 Å². The number of amides is 2. The van der Waals surface area contributed by atoms with Crippen molar-refractivity contribution >= 4 is 46.4 Å². The molecule has 3 aromatic carbocycles. The third kappa shape index (κ3) is 6.10. The molecule has 2 amide bonds. The summed E-state index contributed by atoms with van der Waals surface area (Å²) in [4.78, 5) is 37.3. The third-order valence-electron chi connectivity index (χ3n) is 6.28. The van der Waals surface area contributed by atoms with Gasteiger partial charge in [0.15, 0.2) is 0 Å². The van der Waals surface area contributed by atoms with Gasteiger partial charge in [0.2, 0.25) is 11.9 Å². The number of hydrogen-bond acceptors (Lipinski definition) is 6. The summed E-state index contributed by atoms with van der Waals surface area (Å²) in [5.74, 6) is 0.407. The zero-order valence-electron chi connectivity index (χ0n) is 20.9. The second kappa shape index (κ2) is 11.3. The number of benzene rings is 3. The van der Waals surface area contributed by atoms with Crippen LogP contribution in [0.5, 0.6) is 0 Å². The molecule has 8 nitrogen and oxygen atoms in total. The molecule has 0 saturated carbocycles. The molecule has 0 spiro atoms. The van der Waals surface area contributed by atoms with E-state index in [1.807, 2.05) is 47.4 Å². The maximum atomic E-state index is 12.8. The minimum absolute atomic E-state index is 0.0264. The molecular weight excluding hydrogens is 500 g/mol. The highest BCUT2D eigenvalue weighted by atomic mass is 35.5. The molecule has 0 atom stereocenters. The Hall–Kier alpha value is -4.43. The van der Waals surface area contributed by atoms with Gasteiger partial charge in [-0.05, 0) is 60.7 Å². The minimum Gasteiger partial charge on any atom is -0.368 e. The predicted molar refractivity (Wildman–Crippen MR) is 151 cm³/mol. The molecule has 1 aliphatic rings. The van der Waals surface area contributed by atoms with Gasteiger partial charge in [0.1, 0.15) is 0 Å². The molecule has 1 saturated heterocycles. The largest absolute Gasteiger partial charge is 0.368 e. The van der Waals surface area contributed by atoms with Crippen molar-refractivity contribution in [3.8, 4) is 11.3 Å². The van der Waals surface area contributed by atoms with Crippen molar-refractivity contribution in [2.75, 3.05) is 41.7 Å². The summed E-state index contributed by atoms with van der Waals surface area (Å²) in [6.07, 6.45) is 1.72. The highest BCUT2D eigenvalue weighted by Crippen LogP contribution is 2.25. The summed E-state index contributed by atoms with van der Waals surface area (Å²) in [6, 6.07) is 24.5. The van der Waals surface area contributed by atoms with Gasteiger partial charge >= 0.3 is 0 Å². The number of halogens is 1. The fraction of sp³-hybridized carbons (Fsp3) is 0.172. The van der Waals surface area contributed by atoms with E-state index in [-0.39, 0.29) is 11.8 Å². The molecule has 5 rings (SSSR count). The number of nitrogens with one attached hydrogen (secondary N) is 2. The molecule has 2 N–H and O–H groups in total. The highest BCUT2D eigenvalue weighted by molar-refractivity contribution is 6.30. The van der Waals surface area contributed by atoms with Crippen LogP contribution < -0.4 is 15.5 Å². The Labute approximate surface area is 226 Å². The zero-order valence-corrected chi connectivity index (χ0v) is 21.7. The van der Waals surface area contributed by atoms with E-state index in [1.165, 1.54) is 6.92 Å². The van der Waals surface area contributed by atoms with E-state index >= 15 is 0 Å². The summed E-state index contributed by atoms with van der Waals surface area (Å²) >= 11 is 5.95. The molecule has 4 aromatic rings. The topological polar surface area (TPSA) is 90.5 Å². The number of carbonyl (C=O) groups is 2. The molecule has 192 valence electrons. The van der Waals surface area contributed by atoms with Gasteiger partial charge in [0.05, 0.1) is 5.69 Å². The van der Waals surface area contributed by atoms with E-state index in [0.717, 1.165) is 41.4 Å². The molecule has 1 aromatic heterocycles. The Morgan fingerprint density at radius 2 is 1.61 bits per heavy atom. The summed E-state index contributed by atoms with van der Waals surface area (Å²) < 4.78 is 0. The van der Waals surface area contributed by atoms with Crippen LogP contribution in [0, 0.1) is 0 Å². The van der Waals surface area contributed by atoms with Gasteiger partial charge in [-0.3, -0.25) is 9.59 Å². The van der Waals surface area contributed by atoms with Gasteiger partial charge in [0.25, 0.3) is 5.91 Å². The number of carbonyl (C=O) groups excluding carboxylic acids is 2. The molecule has 0 unspecified atom stereocenters. The van der Waals surface area contributed by atoms with E-state index in [0.29, 0.717) is 29.6 Å². The van der Waals surface area contributed by atoms with Crippen molar-refractivity contribution in [3.63, 3.8) is 0 Å². The normalized spacial score (nSPS) is 13.2. The van der Waals surface area contributed by atoms with Crippen LogP contribution in [0.1, 0.15) is 17.3 Å². The van der Waals surface area contributed by atoms with Crippen molar-refractivity contribution in [1.82, 2.24) is 14.9 Å². The summed E-state index contributed by atoms with van der Waals surface area (Å²) in [7, 11) is 0. The first-order valence-corrected chi connectivity index (χ1v) is 12.7. The quantitative estimate of drug-likeness (QED) is 0.346. The number of piperazine rings is 1. The number of nitrogens with zero attached hydrogens (tertiary/aromatic N) is 4. The first-order chi connectivity index (χ1) is 18.4. The molecule has 9 heteroatoms. The van der Waals surface area contributed by atoms with Crippen LogP contribution in [0.3, 0.4) is 0 Å². The number of aromatic nitrogens is 2. The van der Waals surface area contributed by atoms with Crippen molar-refractivity contribution in [2.24, 2.45) is 0 Å². The minimum atomic E-state index is -0.109. The van der Waals surface area contributed by atoms with Crippen LogP contribution in [0.4, 0.5) is 23.0 Å². The Morgan fingerprint density at radius 1 is 0.868 bits per heavy atom. The first kappa shape index (κ1) is 25.2. The van der Waals surface area contributed by atoms with Crippen LogP contribution in [-0.2, 0) is 4.79 Å². The van der Waals surface area contributed by atoms with Gasteiger partial charge in [-0.25, -0.2) is 9.97 Å². The number of hydrogen-bond donors (Lipinski definition) is 2. The van der Waals surface area contributed by atoms with E-state index in [9.17, 15) is 9.59 Å². The second-order valence-electron chi connectivity index (χ2n) is 8.99. The smallest absolute Gasteiger partial charge is 0.253 e. The van der Waals surface area contributed by atoms with Crippen molar-refractivity contribution in [2.45, 2.75) is 6.92 Å². The maximum absolute atomic E-state index is 12.8. The van der Waals surface area contributed by atoms with Crippen LogP contribution in [-0.4, -0.2) is 52.9 Å². The lowest BCUT2D eigenvalue weighted by Gasteiger charge is -2.36. The highest BCUT2D eigenvalue weighted by Gasteiger charge is 2.22. The van der Waals surface area contributed by atoms with E-state index < -0.39 is 0 Å². The molecular formula is C29H27ClN6O2. The van der Waals surface area contributed by atoms with Crippen LogP contribution in [0.15, 0.2) is 85.1 Å². The van der Waals surface area contributed by atoms with Gasteiger partial charge in [-0.1, -0.05) is 29.8 Å². The SMILES string of the molecule is CC(=O)Nc1ccc(-c2ccnc(Nc3cccc(N4CCN(C(=O)c5ccc(Cl)cc5)CC4)c3)n2)cc1. The van der Waals surface area contributed by atoms with Crippen molar-refractivity contribution in [1.29, 1.82) is 0 Å². The van der Waals surface area contributed by atoms with E-state index in [2.05, 4.69) is 37.6 Å². The molecule has 0 radical (unpaired) electrons. The van der Waals surface area contributed by atoms with E-state index in [4.69, 9.17) is 11.6 Å². The van der Waals surface area contributed by atoms with Crippen LogP contribution in [0.25, 0.3) is 11.3 Å². The molecule has 1 aliphatic heterocycles. The summed E-state index contributed by atoms with van der Waals surface area (Å²) in [6.45, 7) is 4.25. The van der Waals surface area contributed by atoms with E-state index in [1.54, 1.807) is 30.5 Å². The zero-order chi connectivity index (χ0) is 26.5. The second-order valence-corrected chi connectivity index (χ2v) is 9.42. The van der Waals surface area contributed by atoms with Gasteiger partial charge < -0.3 is 20.4 Å². The predicted octanol–water partition coefficient (Wildman–Crippen LogP) is 5.46. The van der Waals surface area contributed by atoms with Crippen LogP contribution >= 0.6 is 11.6 Å². The standard InChI is InChI=1S/C29H27ClN6O2/c1-20(37)32-24-11-7-21(8-12-24)27-13-14-31-29(34-27)33-25-3-2-4-26(19-25)35-15-17-36(18-16-35)28(38)22-5-9-23(30)10-6-22/h2-14,19H,15-18H2,1H3,(H,32,37)(H,31,33,34). The third-order valence-corrected chi connectivity index (χ3v) is 6.53. The Kier molecular flexibility index (Phi) is 7.51. The van der Waals surface area contributed by atoms with Gasteiger partial charge in [0, 0.05) is 72.5 Å². The first-order valence-electron chi connectivity index (χ1n) is 12.3. The average Bonchev–Trinajstić information content (AvgIpc) is 2.94. The van der Waals surface area contributed by atoms with Crippen LogP contribution in [0.2, 0.25) is 5.02 Å². The molecule has 2 heterocycles. The molecule has 1 fully saturated rings. The lowest BCUT2D eigenvalue weighted by atomic mass is 10.1. The Bertz CT molecular complexity index is 1430. The monoisotopic (exact) mass is 526 g/mol. The Morgan fingerprint density at radius 3 is 2.32 bits per heavy atom. The molecule has 0 aliphatic carbocycles. The fourth-order valence-corrected chi connectivity index (χ4v) is 4.49. The molecule has 0 bridgehead atoms. The molecule has 38 heavy (non-hydrogen) atoms. The van der Waals surface area contributed by atoms with Gasteiger partial charge in [-0.15, -0.1) is 0 Å². The summed E-state index contributed by atoms with van der Waals surface area (Å²) in [5.41, 5.74) is 5.03. The Balaban J connectivity index is 1.22. The van der Waals surface area contributed by atoms with Crippen molar-refractivity contribution < 1.29 is 9.59 Å². The summed E-state index contributed by atoms with van der Waals surface area (Å²) in [5, 5.41) is 6.69. The van der Waals surface area contributed by atoms with Crippen molar-refractivity contribution in [3.05, 3.63) is 95.6 Å². The lowest BCUT2D eigenvalue weighted by Crippen LogP contribution is -2.48. The number of anilines is 4. The number of rotatable bonds is 6. The average molecular weight is 527 g/mol.